The van der Waals surface area contributed by atoms with E-state index < -0.39 is 41.0 Å². The van der Waals surface area contributed by atoms with E-state index in [0.29, 0.717) is 17.8 Å². The summed E-state index contributed by atoms with van der Waals surface area (Å²) in [4.78, 5) is 14.0. The third-order valence-corrected chi connectivity index (χ3v) is 4.10. The van der Waals surface area contributed by atoms with Gasteiger partial charge in [0.15, 0.2) is 0 Å². The minimum atomic E-state index is -5.00. The van der Waals surface area contributed by atoms with Crippen molar-refractivity contribution >= 4 is 5.91 Å². The Labute approximate surface area is 152 Å². The molecule has 1 amide bonds. The summed E-state index contributed by atoms with van der Waals surface area (Å²) in [5, 5.41) is 0. The van der Waals surface area contributed by atoms with Crippen molar-refractivity contribution in [2.45, 2.75) is 38.8 Å². The number of hydrogen-bond donors (Lipinski definition) is 0. The molecular formula is C18H18F6N2O. The number of aryl methyl sites for hydroxylation is 1. The van der Waals surface area contributed by atoms with E-state index in [4.69, 9.17) is 0 Å². The third kappa shape index (κ3) is 4.84. The second-order valence-electron chi connectivity index (χ2n) is 6.43. The van der Waals surface area contributed by atoms with Crippen LogP contribution in [-0.4, -0.2) is 21.4 Å². The van der Waals surface area contributed by atoms with Crippen LogP contribution >= 0.6 is 0 Å². The summed E-state index contributed by atoms with van der Waals surface area (Å²) < 4.78 is 79.8. The van der Waals surface area contributed by atoms with E-state index in [9.17, 15) is 31.1 Å². The van der Waals surface area contributed by atoms with Gasteiger partial charge in [0.1, 0.15) is 0 Å². The Morgan fingerprint density at radius 3 is 1.93 bits per heavy atom. The normalized spacial score (nSPS) is 12.5. The number of carbonyl (C=O) groups is 1. The van der Waals surface area contributed by atoms with Gasteiger partial charge in [-0.1, -0.05) is 0 Å². The molecule has 2 aromatic rings. The molecular weight excluding hydrogens is 374 g/mol. The topological polar surface area (TPSA) is 25.2 Å². The van der Waals surface area contributed by atoms with Crippen molar-refractivity contribution in [1.29, 1.82) is 0 Å². The number of alkyl halides is 6. The summed E-state index contributed by atoms with van der Waals surface area (Å²) in [6, 6.07) is 3.93. The molecule has 1 aromatic heterocycles. The molecule has 0 N–H and O–H groups in total. The molecule has 148 valence electrons. The molecule has 2 rings (SSSR count). The number of rotatable bonds is 4. The van der Waals surface area contributed by atoms with Crippen molar-refractivity contribution < 1.29 is 31.1 Å². The lowest BCUT2D eigenvalue weighted by Gasteiger charge is -2.27. The highest BCUT2D eigenvalue weighted by Crippen LogP contribution is 2.36. The molecule has 0 spiro atoms. The molecule has 27 heavy (non-hydrogen) atoms. The maximum absolute atomic E-state index is 13.0. The molecule has 0 radical (unpaired) electrons. The number of nitrogens with zero attached hydrogens (tertiary/aromatic N) is 2. The largest absolute Gasteiger partial charge is 0.416 e. The maximum Gasteiger partial charge on any atom is 0.416 e. The second-order valence-corrected chi connectivity index (χ2v) is 6.43. The van der Waals surface area contributed by atoms with E-state index in [1.807, 2.05) is 0 Å². The molecule has 0 aliphatic carbocycles. The van der Waals surface area contributed by atoms with Crippen molar-refractivity contribution in [2.24, 2.45) is 7.05 Å². The number of hydrogen-bond acceptors (Lipinski definition) is 1. The summed E-state index contributed by atoms with van der Waals surface area (Å²) in [6.45, 7) is 3.33. The molecule has 1 heterocycles. The van der Waals surface area contributed by atoms with E-state index in [0.717, 1.165) is 0 Å². The van der Waals surface area contributed by atoms with Crippen LogP contribution in [0.25, 0.3) is 0 Å². The lowest BCUT2D eigenvalue weighted by atomic mass is 10.0. The first-order valence-corrected chi connectivity index (χ1v) is 8.01. The van der Waals surface area contributed by atoms with E-state index in [-0.39, 0.29) is 12.6 Å². The quantitative estimate of drug-likeness (QED) is 0.664. The monoisotopic (exact) mass is 392 g/mol. The van der Waals surface area contributed by atoms with Crippen LogP contribution in [0.3, 0.4) is 0 Å². The molecule has 0 saturated heterocycles. The zero-order chi connectivity index (χ0) is 20.6. The van der Waals surface area contributed by atoms with Gasteiger partial charge in [-0.25, -0.2) is 0 Å². The van der Waals surface area contributed by atoms with Crippen LogP contribution in [0, 0.1) is 0 Å². The maximum atomic E-state index is 13.0. The van der Waals surface area contributed by atoms with Crippen molar-refractivity contribution in [3.63, 3.8) is 0 Å². The zero-order valence-electron chi connectivity index (χ0n) is 14.8. The summed E-state index contributed by atoms with van der Waals surface area (Å²) in [7, 11) is 1.73. The number of benzene rings is 1. The van der Waals surface area contributed by atoms with E-state index in [1.165, 1.54) is 4.90 Å². The Bertz CT molecular complexity index is 788. The fraction of sp³-hybridized carbons (Fsp3) is 0.389. The Balaban J connectivity index is 2.49. The standard InChI is InChI=1S/C18H18F6N2O/c1-11(2)26(10-15-5-4-6-25(15)3)16(27)12-7-13(17(19,20)21)9-14(8-12)18(22,23)24/h4-9,11H,10H2,1-3H3. The summed E-state index contributed by atoms with van der Waals surface area (Å²) in [5.41, 5.74) is -2.98. The first-order valence-electron chi connectivity index (χ1n) is 8.01. The number of aromatic nitrogens is 1. The van der Waals surface area contributed by atoms with Crippen LogP contribution < -0.4 is 0 Å². The van der Waals surface area contributed by atoms with Crippen LogP contribution in [0.2, 0.25) is 0 Å². The van der Waals surface area contributed by atoms with Gasteiger partial charge in [-0.3, -0.25) is 4.79 Å². The van der Waals surface area contributed by atoms with Gasteiger partial charge in [0.25, 0.3) is 5.91 Å². The molecule has 9 heteroatoms. The predicted molar refractivity (Wildman–Crippen MR) is 86.9 cm³/mol. The van der Waals surface area contributed by atoms with Crippen LogP contribution in [0.4, 0.5) is 26.3 Å². The number of halogens is 6. The number of carbonyl (C=O) groups excluding carboxylic acids is 1. The fourth-order valence-corrected chi connectivity index (χ4v) is 2.57. The highest BCUT2D eigenvalue weighted by Gasteiger charge is 2.38. The van der Waals surface area contributed by atoms with Crippen molar-refractivity contribution in [1.82, 2.24) is 9.47 Å². The van der Waals surface area contributed by atoms with E-state index >= 15 is 0 Å². The van der Waals surface area contributed by atoms with Gasteiger partial charge in [-0.2, -0.15) is 26.3 Å². The highest BCUT2D eigenvalue weighted by atomic mass is 19.4. The first kappa shape index (κ1) is 20.9. The van der Waals surface area contributed by atoms with Gasteiger partial charge in [-0.15, -0.1) is 0 Å². The Morgan fingerprint density at radius 2 is 1.56 bits per heavy atom. The summed E-state index contributed by atoms with van der Waals surface area (Å²) in [6.07, 6.45) is -8.28. The summed E-state index contributed by atoms with van der Waals surface area (Å²) in [5.74, 6) is -0.900. The first-order chi connectivity index (χ1) is 12.3. The average molecular weight is 392 g/mol. The molecule has 0 saturated carbocycles. The smallest absolute Gasteiger partial charge is 0.353 e. The molecule has 0 unspecified atom stereocenters. The van der Waals surface area contributed by atoms with Crippen LogP contribution in [0.5, 0.6) is 0 Å². The lowest BCUT2D eigenvalue weighted by molar-refractivity contribution is -0.143. The minimum Gasteiger partial charge on any atom is -0.353 e. The second kappa shape index (κ2) is 7.28. The fourth-order valence-electron chi connectivity index (χ4n) is 2.57. The average Bonchev–Trinajstić information content (AvgIpc) is 2.94. The Hall–Kier alpha value is -2.45. The summed E-state index contributed by atoms with van der Waals surface area (Å²) >= 11 is 0. The molecule has 1 aromatic carbocycles. The molecule has 0 atom stereocenters. The minimum absolute atomic E-state index is 0.00763. The van der Waals surface area contributed by atoms with Crippen molar-refractivity contribution in [3.8, 4) is 0 Å². The van der Waals surface area contributed by atoms with E-state index in [2.05, 4.69) is 0 Å². The molecule has 0 bridgehead atoms. The van der Waals surface area contributed by atoms with Crippen LogP contribution in [0.15, 0.2) is 36.5 Å². The molecule has 0 fully saturated rings. The zero-order valence-corrected chi connectivity index (χ0v) is 14.8. The molecule has 3 nitrogen and oxygen atoms in total. The molecule has 0 aliphatic rings. The van der Waals surface area contributed by atoms with Crippen LogP contribution in [-0.2, 0) is 25.9 Å². The van der Waals surface area contributed by atoms with Gasteiger partial charge >= 0.3 is 12.4 Å². The lowest BCUT2D eigenvalue weighted by Crippen LogP contribution is -2.37. The SMILES string of the molecule is CC(C)N(Cc1cccn1C)C(=O)c1cc(C(F)(F)F)cc(C(F)(F)F)c1. The van der Waals surface area contributed by atoms with E-state index in [1.54, 1.807) is 43.8 Å². The van der Waals surface area contributed by atoms with Gasteiger partial charge in [0.2, 0.25) is 0 Å². The van der Waals surface area contributed by atoms with Gasteiger partial charge < -0.3 is 9.47 Å². The van der Waals surface area contributed by atoms with Gasteiger partial charge in [0.05, 0.1) is 17.7 Å². The number of amides is 1. The third-order valence-electron chi connectivity index (χ3n) is 4.10. The van der Waals surface area contributed by atoms with Gasteiger partial charge in [-0.05, 0) is 44.2 Å². The highest BCUT2D eigenvalue weighted by molar-refractivity contribution is 5.95. The molecule has 0 aliphatic heterocycles. The predicted octanol–water partition coefficient (Wildman–Crippen LogP) is 5.11. The van der Waals surface area contributed by atoms with Crippen LogP contribution in [0.1, 0.15) is 41.0 Å². The van der Waals surface area contributed by atoms with Crippen molar-refractivity contribution in [2.75, 3.05) is 0 Å². The van der Waals surface area contributed by atoms with Gasteiger partial charge in [0, 0.05) is 30.5 Å². The Kier molecular flexibility index (Phi) is 5.63. The Morgan fingerprint density at radius 1 is 1.04 bits per heavy atom. The van der Waals surface area contributed by atoms with Crippen molar-refractivity contribution in [3.05, 3.63) is 58.9 Å².